The normalized spacial score (nSPS) is 16.6. The van der Waals surface area contributed by atoms with Crippen molar-refractivity contribution in [2.24, 2.45) is 0 Å². The van der Waals surface area contributed by atoms with Gasteiger partial charge in [-0.05, 0) is 24.8 Å². The van der Waals surface area contributed by atoms with Crippen molar-refractivity contribution in [1.82, 2.24) is 10.2 Å². The zero-order chi connectivity index (χ0) is 10.1. The summed E-state index contributed by atoms with van der Waals surface area (Å²) in [5.74, 6) is -0.738. The third-order valence-electron chi connectivity index (χ3n) is 2.79. The van der Waals surface area contributed by atoms with Crippen molar-refractivity contribution in [3.63, 3.8) is 0 Å². The van der Waals surface area contributed by atoms with Gasteiger partial charge in [0.2, 0.25) is 0 Å². The quantitative estimate of drug-likeness (QED) is 0.765. The summed E-state index contributed by atoms with van der Waals surface area (Å²) in [6, 6.07) is 0. The maximum Gasteiger partial charge on any atom is 0.304 e. The molecule has 1 aliphatic rings. The number of aromatic amines is 1. The number of carboxylic acids is 1. The van der Waals surface area contributed by atoms with Crippen LogP contribution in [0.1, 0.15) is 42.6 Å². The van der Waals surface area contributed by atoms with Gasteiger partial charge in [-0.1, -0.05) is 6.92 Å². The molecular formula is C10H14N2O2. The molecule has 76 valence electrons. The molecule has 0 aromatic carbocycles. The Labute approximate surface area is 82.3 Å². The molecule has 1 heterocycles. The van der Waals surface area contributed by atoms with E-state index >= 15 is 0 Å². The summed E-state index contributed by atoms with van der Waals surface area (Å²) < 4.78 is 0. The molecule has 1 aromatic heterocycles. The highest BCUT2D eigenvalue weighted by Crippen LogP contribution is 2.29. The molecule has 0 amide bonds. The van der Waals surface area contributed by atoms with Crippen LogP contribution in [0.4, 0.5) is 0 Å². The lowest BCUT2D eigenvalue weighted by Gasteiger charge is -2.06. The minimum atomic E-state index is -0.757. The molecule has 4 nitrogen and oxygen atoms in total. The van der Waals surface area contributed by atoms with E-state index in [0.29, 0.717) is 0 Å². The second-order valence-electron chi connectivity index (χ2n) is 3.92. The van der Waals surface area contributed by atoms with Crippen LogP contribution in [0.3, 0.4) is 0 Å². The molecule has 0 bridgehead atoms. The molecular weight excluding hydrogens is 180 g/mol. The fraction of sp³-hybridized carbons (Fsp3) is 0.600. The molecule has 1 aromatic rings. The van der Waals surface area contributed by atoms with Gasteiger partial charge in [0.15, 0.2) is 0 Å². The molecule has 0 saturated carbocycles. The molecule has 0 aliphatic heterocycles. The monoisotopic (exact) mass is 194 g/mol. The van der Waals surface area contributed by atoms with Crippen molar-refractivity contribution in [3.05, 3.63) is 17.0 Å². The highest BCUT2D eigenvalue weighted by Gasteiger charge is 2.23. The van der Waals surface area contributed by atoms with Crippen molar-refractivity contribution in [1.29, 1.82) is 0 Å². The Morgan fingerprint density at radius 3 is 3.14 bits per heavy atom. The van der Waals surface area contributed by atoms with Gasteiger partial charge in [-0.3, -0.25) is 9.89 Å². The second-order valence-corrected chi connectivity index (χ2v) is 3.92. The van der Waals surface area contributed by atoms with Crippen LogP contribution in [-0.2, 0) is 17.6 Å². The number of rotatable bonds is 3. The number of carboxylic acid groups (broad SMARTS) is 1. The lowest BCUT2D eigenvalue weighted by atomic mass is 9.99. The van der Waals surface area contributed by atoms with Gasteiger partial charge in [-0.2, -0.15) is 5.10 Å². The van der Waals surface area contributed by atoms with Crippen LogP contribution in [0, 0.1) is 0 Å². The Hall–Kier alpha value is -1.32. The van der Waals surface area contributed by atoms with Crippen LogP contribution < -0.4 is 0 Å². The summed E-state index contributed by atoms with van der Waals surface area (Å²) in [5.41, 5.74) is 3.43. The van der Waals surface area contributed by atoms with Gasteiger partial charge in [-0.15, -0.1) is 0 Å². The molecule has 0 radical (unpaired) electrons. The van der Waals surface area contributed by atoms with E-state index in [9.17, 15) is 4.79 Å². The predicted octanol–water partition coefficient (Wildman–Crippen LogP) is 1.48. The number of hydrogen-bond donors (Lipinski definition) is 2. The summed E-state index contributed by atoms with van der Waals surface area (Å²) in [7, 11) is 0. The Morgan fingerprint density at radius 1 is 1.64 bits per heavy atom. The first kappa shape index (κ1) is 9.24. The number of aliphatic carboxylic acids is 1. The topological polar surface area (TPSA) is 66.0 Å². The van der Waals surface area contributed by atoms with E-state index in [-0.39, 0.29) is 12.3 Å². The first-order valence-electron chi connectivity index (χ1n) is 4.96. The largest absolute Gasteiger partial charge is 0.481 e. The number of H-pyrrole nitrogens is 1. The number of fused-ring (bicyclic) bond motifs is 1. The summed E-state index contributed by atoms with van der Waals surface area (Å²) in [6.07, 6.45) is 3.43. The van der Waals surface area contributed by atoms with Crippen LogP contribution in [0.25, 0.3) is 0 Å². The first-order chi connectivity index (χ1) is 6.68. The third kappa shape index (κ3) is 1.52. The van der Waals surface area contributed by atoms with Crippen LogP contribution in [0.5, 0.6) is 0 Å². The average Bonchev–Trinajstić information content (AvgIpc) is 2.59. The molecule has 2 N–H and O–H groups in total. The summed E-state index contributed by atoms with van der Waals surface area (Å²) in [4.78, 5) is 10.6. The van der Waals surface area contributed by atoms with Crippen molar-refractivity contribution >= 4 is 5.97 Å². The van der Waals surface area contributed by atoms with Crippen LogP contribution in [0.15, 0.2) is 0 Å². The van der Waals surface area contributed by atoms with E-state index in [2.05, 4.69) is 10.2 Å². The van der Waals surface area contributed by atoms with Crippen LogP contribution >= 0.6 is 0 Å². The zero-order valence-corrected chi connectivity index (χ0v) is 8.21. The predicted molar refractivity (Wildman–Crippen MR) is 51.3 cm³/mol. The zero-order valence-electron chi connectivity index (χ0n) is 8.21. The maximum atomic E-state index is 10.6. The molecule has 14 heavy (non-hydrogen) atoms. The van der Waals surface area contributed by atoms with E-state index in [1.54, 1.807) is 0 Å². The molecule has 2 rings (SSSR count). The lowest BCUT2D eigenvalue weighted by molar-refractivity contribution is -0.137. The smallest absolute Gasteiger partial charge is 0.304 e. The SMILES string of the molecule is CC(CC(=O)O)c1n[nH]c2c1CCC2. The van der Waals surface area contributed by atoms with Crippen molar-refractivity contribution < 1.29 is 9.90 Å². The van der Waals surface area contributed by atoms with Crippen LogP contribution in [-0.4, -0.2) is 21.3 Å². The number of hydrogen-bond acceptors (Lipinski definition) is 2. The van der Waals surface area contributed by atoms with E-state index in [1.807, 2.05) is 6.92 Å². The summed E-state index contributed by atoms with van der Waals surface area (Å²) >= 11 is 0. The van der Waals surface area contributed by atoms with E-state index in [0.717, 1.165) is 25.0 Å². The van der Waals surface area contributed by atoms with Gasteiger partial charge in [0.25, 0.3) is 0 Å². The highest BCUT2D eigenvalue weighted by molar-refractivity contribution is 5.68. The van der Waals surface area contributed by atoms with Gasteiger partial charge in [0.1, 0.15) is 0 Å². The molecule has 1 atom stereocenters. The van der Waals surface area contributed by atoms with E-state index in [4.69, 9.17) is 5.11 Å². The fourth-order valence-electron chi connectivity index (χ4n) is 2.11. The van der Waals surface area contributed by atoms with Gasteiger partial charge in [0, 0.05) is 11.6 Å². The molecule has 0 saturated heterocycles. The van der Waals surface area contributed by atoms with Gasteiger partial charge in [0.05, 0.1) is 12.1 Å². The first-order valence-corrected chi connectivity index (χ1v) is 4.96. The third-order valence-corrected chi connectivity index (χ3v) is 2.79. The van der Waals surface area contributed by atoms with Crippen molar-refractivity contribution in [2.45, 2.75) is 38.5 Å². The number of nitrogens with zero attached hydrogens (tertiary/aromatic N) is 1. The molecule has 1 aliphatic carbocycles. The molecule has 4 heteroatoms. The van der Waals surface area contributed by atoms with Crippen LogP contribution in [0.2, 0.25) is 0 Å². The Balaban J connectivity index is 2.19. The van der Waals surface area contributed by atoms with Gasteiger partial charge >= 0.3 is 5.97 Å². The minimum Gasteiger partial charge on any atom is -0.481 e. The van der Waals surface area contributed by atoms with Crippen molar-refractivity contribution in [3.8, 4) is 0 Å². The molecule has 0 spiro atoms. The molecule has 1 unspecified atom stereocenters. The minimum absolute atomic E-state index is 0.0191. The van der Waals surface area contributed by atoms with E-state index < -0.39 is 5.97 Å². The number of aromatic nitrogens is 2. The number of aryl methyl sites for hydroxylation is 1. The van der Waals surface area contributed by atoms with Gasteiger partial charge < -0.3 is 5.11 Å². The summed E-state index contributed by atoms with van der Waals surface area (Å²) in [6.45, 7) is 1.92. The second kappa shape index (κ2) is 3.44. The van der Waals surface area contributed by atoms with Gasteiger partial charge in [-0.25, -0.2) is 0 Å². The molecule has 0 fully saturated rings. The Kier molecular flexibility index (Phi) is 2.27. The number of carbonyl (C=O) groups is 1. The Morgan fingerprint density at radius 2 is 2.43 bits per heavy atom. The van der Waals surface area contributed by atoms with E-state index in [1.165, 1.54) is 11.3 Å². The summed E-state index contributed by atoms with van der Waals surface area (Å²) in [5, 5.41) is 15.9. The highest BCUT2D eigenvalue weighted by atomic mass is 16.4. The Bertz CT molecular complexity index is 357. The maximum absolute atomic E-state index is 10.6. The van der Waals surface area contributed by atoms with Crippen molar-refractivity contribution in [2.75, 3.05) is 0 Å². The standard InChI is InChI=1S/C10H14N2O2/c1-6(5-9(13)14)10-7-3-2-4-8(7)11-12-10/h6H,2-5H2,1H3,(H,11,12)(H,13,14). The fourth-order valence-corrected chi connectivity index (χ4v) is 2.11. The lowest BCUT2D eigenvalue weighted by Crippen LogP contribution is -2.05. The number of nitrogens with one attached hydrogen (secondary N) is 1. The average molecular weight is 194 g/mol.